The lowest BCUT2D eigenvalue weighted by Gasteiger charge is -2.13. The van der Waals surface area contributed by atoms with E-state index in [1.807, 2.05) is 13.8 Å². The molecule has 9 heteroatoms. The summed E-state index contributed by atoms with van der Waals surface area (Å²) in [7, 11) is 1.54. The second kappa shape index (κ2) is 11.4. The van der Waals surface area contributed by atoms with E-state index in [1.165, 1.54) is 7.11 Å². The second-order valence-electron chi connectivity index (χ2n) is 6.89. The van der Waals surface area contributed by atoms with Crippen LogP contribution in [-0.2, 0) is 4.79 Å². The van der Waals surface area contributed by atoms with Crippen LogP contribution in [0, 0.1) is 0 Å². The van der Waals surface area contributed by atoms with Gasteiger partial charge in [-0.3, -0.25) is 19.3 Å². The summed E-state index contributed by atoms with van der Waals surface area (Å²) >= 11 is 0.866. The number of methoxy groups -OCH3 is 1. The minimum Gasteiger partial charge on any atom is -0.494 e. The van der Waals surface area contributed by atoms with Crippen molar-refractivity contribution in [3.8, 4) is 17.2 Å². The fraction of sp³-hybridized carbons (Fsp3) is 0.292. The van der Waals surface area contributed by atoms with Gasteiger partial charge in [0, 0.05) is 18.7 Å². The van der Waals surface area contributed by atoms with Gasteiger partial charge in [-0.25, -0.2) is 0 Å². The number of carbonyl (C=O) groups excluding carboxylic acids is 3. The molecule has 3 rings (SSSR count). The second-order valence-corrected chi connectivity index (χ2v) is 7.88. The van der Waals surface area contributed by atoms with Crippen molar-refractivity contribution in [2.75, 3.05) is 33.4 Å². The molecule has 0 saturated carbocycles. The van der Waals surface area contributed by atoms with Crippen molar-refractivity contribution in [2.24, 2.45) is 0 Å². The highest BCUT2D eigenvalue weighted by Crippen LogP contribution is 2.34. The fourth-order valence-electron chi connectivity index (χ4n) is 3.15. The molecule has 8 nitrogen and oxygen atoms in total. The summed E-state index contributed by atoms with van der Waals surface area (Å²) in [5.74, 6) is 1.15. The van der Waals surface area contributed by atoms with Gasteiger partial charge in [-0.05, 0) is 73.6 Å². The van der Waals surface area contributed by atoms with E-state index in [0.717, 1.165) is 16.7 Å². The lowest BCUT2D eigenvalue weighted by Crippen LogP contribution is -2.37. The van der Waals surface area contributed by atoms with Gasteiger partial charge in [-0.15, -0.1) is 0 Å². The van der Waals surface area contributed by atoms with Crippen LogP contribution in [0.1, 0.15) is 29.8 Å². The van der Waals surface area contributed by atoms with E-state index in [1.54, 1.807) is 48.5 Å². The van der Waals surface area contributed by atoms with Crippen molar-refractivity contribution < 1.29 is 28.6 Å². The zero-order valence-corrected chi connectivity index (χ0v) is 19.6. The minimum absolute atomic E-state index is 0.0807. The van der Waals surface area contributed by atoms with Crippen LogP contribution in [-0.4, -0.2) is 55.4 Å². The van der Waals surface area contributed by atoms with Gasteiger partial charge in [0.05, 0.1) is 25.2 Å². The number of thioether (sulfide) groups is 1. The van der Waals surface area contributed by atoms with Gasteiger partial charge in [0.1, 0.15) is 5.75 Å². The number of amides is 3. The molecule has 1 heterocycles. The van der Waals surface area contributed by atoms with Crippen LogP contribution in [0.2, 0.25) is 0 Å². The van der Waals surface area contributed by atoms with E-state index in [4.69, 9.17) is 14.2 Å². The largest absolute Gasteiger partial charge is 0.494 e. The summed E-state index contributed by atoms with van der Waals surface area (Å²) in [5, 5.41) is 2.36. The highest BCUT2D eigenvalue weighted by atomic mass is 32.2. The first-order chi connectivity index (χ1) is 16.0. The van der Waals surface area contributed by atoms with E-state index in [-0.39, 0.29) is 24.2 Å². The molecule has 174 valence electrons. The highest BCUT2D eigenvalue weighted by molar-refractivity contribution is 8.18. The minimum atomic E-state index is -0.395. The molecule has 0 unspecified atom stereocenters. The monoisotopic (exact) mass is 470 g/mol. The SMILES string of the molecule is CCOc1ccc(C(=O)NCCN2C(=O)S/C(=C\c3ccc(OCC)c(OC)c3)C2=O)cc1. The number of ether oxygens (including phenoxy) is 3. The van der Waals surface area contributed by atoms with Crippen molar-refractivity contribution in [1.29, 1.82) is 0 Å². The first-order valence-corrected chi connectivity index (χ1v) is 11.4. The van der Waals surface area contributed by atoms with Crippen LogP contribution < -0.4 is 19.5 Å². The Kier molecular flexibility index (Phi) is 8.37. The smallest absolute Gasteiger partial charge is 0.293 e. The quantitative estimate of drug-likeness (QED) is 0.525. The van der Waals surface area contributed by atoms with E-state index in [0.29, 0.717) is 46.5 Å². The molecule has 1 fully saturated rings. The maximum atomic E-state index is 12.7. The summed E-state index contributed by atoms with van der Waals surface area (Å²) in [5.41, 5.74) is 1.18. The Morgan fingerprint density at radius 1 is 1.03 bits per heavy atom. The molecular weight excluding hydrogens is 444 g/mol. The third kappa shape index (κ3) is 6.07. The van der Waals surface area contributed by atoms with Gasteiger partial charge >= 0.3 is 0 Å². The number of imide groups is 1. The molecule has 3 amide bonds. The predicted molar refractivity (Wildman–Crippen MR) is 127 cm³/mol. The van der Waals surface area contributed by atoms with Gasteiger partial charge in [0.15, 0.2) is 11.5 Å². The van der Waals surface area contributed by atoms with Crippen molar-refractivity contribution in [2.45, 2.75) is 13.8 Å². The summed E-state index contributed by atoms with van der Waals surface area (Å²) in [6.45, 7) is 5.04. The molecule has 0 bridgehead atoms. The molecule has 0 radical (unpaired) electrons. The summed E-state index contributed by atoms with van der Waals surface area (Å²) in [4.78, 5) is 38.8. The molecule has 2 aromatic rings. The third-order valence-electron chi connectivity index (χ3n) is 4.71. The summed E-state index contributed by atoms with van der Waals surface area (Å²) in [6, 6.07) is 12.1. The van der Waals surface area contributed by atoms with E-state index < -0.39 is 5.91 Å². The Morgan fingerprint density at radius 3 is 2.42 bits per heavy atom. The Bertz CT molecular complexity index is 1050. The Hall–Kier alpha value is -3.46. The van der Waals surface area contributed by atoms with Crippen LogP contribution in [0.4, 0.5) is 4.79 Å². The fourth-order valence-corrected chi connectivity index (χ4v) is 4.01. The zero-order chi connectivity index (χ0) is 23.8. The molecule has 1 saturated heterocycles. The summed E-state index contributed by atoms with van der Waals surface area (Å²) < 4.78 is 16.2. The molecule has 0 atom stereocenters. The first kappa shape index (κ1) is 24.2. The molecule has 33 heavy (non-hydrogen) atoms. The first-order valence-electron chi connectivity index (χ1n) is 10.5. The van der Waals surface area contributed by atoms with Crippen LogP contribution in [0.25, 0.3) is 6.08 Å². The van der Waals surface area contributed by atoms with Crippen molar-refractivity contribution >= 4 is 34.9 Å². The summed E-state index contributed by atoms with van der Waals surface area (Å²) in [6.07, 6.45) is 1.64. The normalized spacial score (nSPS) is 14.5. The van der Waals surface area contributed by atoms with Crippen molar-refractivity contribution in [1.82, 2.24) is 10.2 Å². The topological polar surface area (TPSA) is 94.2 Å². The van der Waals surface area contributed by atoms with Crippen LogP contribution in [0.15, 0.2) is 47.4 Å². The van der Waals surface area contributed by atoms with Crippen LogP contribution in [0.5, 0.6) is 17.2 Å². The number of hydrogen-bond donors (Lipinski definition) is 1. The number of nitrogens with zero attached hydrogens (tertiary/aromatic N) is 1. The van der Waals surface area contributed by atoms with E-state index >= 15 is 0 Å². The number of carbonyl (C=O) groups is 3. The van der Waals surface area contributed by atoms with E-state index in [2.05, 4.69) is 5.32 Å². The average molecular weight is 471 g/mol. The highest BCUT2D eigenvalue weighted by Gasteiger charge is 2.34. The van der Waals surface area contributed by atoms with Crippen molar-refractivity contribution in [3.63, 3.8) is 0 Å². The number of nitrogens with one attached hydrogen (secondary N) is 1. The van der Waals surface area contributed by atoms with E-state index in [9.17, 15) is 14.4 Å². The maximum Gasteiger partial charge on any atom is 0.293 e. The molecule has 0 aliphatic carbocycles. The Morgan fingerprint density at radius 2 is 1.76 bits per heavy atom. The lowest BCUT2D eigenvalue weighted by molar-refractivity contribution is -0.122. The average Bonchev–Trinajstić information content (AvgIpc) is 3.08. The molecule has 2 aromatic carbocycles. The molecule has 0 spiro atoms. The molecule has 1 aliphatic rings. The molecule has 1 N–H and O–H groups in total. The maximum absolute atomic E-state index is 12.7. The number of hydrogen-bond acceptors (Lipinski definition) is 7. The lowest BCUT2D eigenvalue weighted by atomic mass is 10.2. The molecular formula is C24H26N2O6S. The van der Waals surface area contributed by atoms with Crippen LogP contribution in [0.3, 0.4) is 0 Å². The van der Waals surface area contributed by atoms with Gasteiger partial charge in [-0.1, -0.05) is 6.07 Å². The standard InChI is InChI=1S/C24H26N2O6S/c1-4-31-18-9-7-17(8-10-18)22(27)25-12-13-26-23(28)21(33-24(26)29)15-16-6-11-19(32-5-2)20(14-16)30-3/h6-11,14-15H,4-5,12-13H2,1-3H3,(H,25,27)/b21-15-. The van der Waals surface area contributed by atoms with Crippen molar-refractivity contribution in [3.05, 3.63) is 58.5 Å². The van der Waals surface area contributed by atoms with Crippen LogP contribution >= 0.6 is 11.8 Å². The van der Waals surface area contributed by atoms with Gasteiger partial charge in [-0.2, -0.15) is 0 Å². The molecule has 0 aromatic heterocycles. The van der Waals surface area contributed by atoms with Gasteiger partial charge in [0.25, 0.3) is 17.1 Å². The number of rotatable bonds is 10. The molecule has 1 aliphatic heterocycles. The third-order valence-corrected chi connectivity index (χ3v) is 5.61. The Balaban J connectivity index is 1.59. The number of benzene rings is 2. The Labute approximate surface area is 196 Å². The zero-order valence-electron chi connectivity index (χ0n) is 18.8. The van der Waals surface area contributed by atoms with Gasteiger partial charge in [0.2, 0.25) is 0 Å². The van der Waals surface area contributed by atoms with Gasteiger partial charge < -0.3 is 19.5 Å². The predicted octanol–water partition coefficient (Wildman–Crippen LogP) is 3.96.